The summed E-state index contributed by atoms with van der Waals surface area (Å²) in [6.45, 7) is 3.11. The van der Waals surface area contributed by atoms with Crippen LogP contribution in [0.5, 0.6) is 5.75 Å². The van der Waals surface area contributed by atoms with E-state index in [1.165, 1.54) is 0 Å². The molecule has 3 aromatic rings. The summed E-state index contributed by atoms with van der Waals surface area (Å²) in [5.74, 6) is 1.82. The van der Waals surface area contributed by atoms with Crippen molar-refractivity contribution < 1.29 is 9.53 Å². The molecule has 28 heavy (non-hydrogen) atoms. The van der Waals surface area contributed by atoms with Crippen LogP contribution in [0.15, 0.2) is 48.7 Å². The van der Waals surface area contributed by atoms with Crippen molar-refractivity contribution in [2.75, 3.05) is 13.1 Å². The standard InChI is InChI=1S/C21H21N5O2/c1-15(28-18-7-5-16(14-22)6-8-18)21(27)25-12-9-17(10-13-25)20-24-23-19-4-2-3-11-26(19)20/h2-8,11,15,17H,9-10,12-13H2,1H3. The molecule has 1 amide bonds. The Morgan fingerprint density at radius 1 is 1.18 bits per heavy atom. The minimum Gasteiger partial charge on any atom is -0.481 e. The van der Waals surface area contributed by atoms with Gasteiger partial charge in [0.1, 0.15) is 11.6 Å². The van der Waals surface area contributed by atoms with Crippen LogP contribution < -0.4 is 4.74 Å². The number of pyridine rings is 1. The molecule has 0 saturated carbocycles. The van der Waals surface area contributed by atoms with Gasteiger partial charge in [-0.2, -0.15) is 5.26 Å². The van der Waals surface area contributed by atoms with Gasteiger partial charge in [0, 0.05) is 25.2 Å². The molecule has 4 rings (SSSR count). The monoisotopic (exact) mass is 375 g/mol. The predicted octanol–water partition coefficient (Wildman–Crippen LogP) is 2.77. The van der Waals surface area contributed by atoms with E-state index in [2.05, 4.69) is 16.3 Å². The molecule has 1 fully saturated rings. The summed E-state index contributed by atoms with van der Waals surface area (Å²) in [6.07, 6.45) is 3.12. The van der Waals surface area contributed by atoms with Gasteiger partial charge in [-0.05, 0) is 56.2 Å². The number of ether oxygens (including phenoxy) is 1. The lowest BCUT2D eigenvalue weighted by atomic mass is 9.95. The van der Waals surface area contributed by atoms with E-state index in [4.69, 9.17) is 10.00 Å². The molecule has 0 spiro atoms. The summed E-state index contributed by atoms with van der Waals surface area (Å²) in [4.78, 5) is 14.6. The van der Waals surface area contributed by atoms with Crippen LogP contribution >= 0.6 is 0 Å². The Labute approximate surface area is 163 Å². The number of amides is 1. The number of likely N-dealkylation sites (tertiary alicyclic amines) is 1. The molecule has 0 bridgehead atoms. The maximum atomic E-state index is 12.7. The summed E-state index contributed by atoms with van der Waals surface area (Å²) in [7, 11) is 0. The Morgan fingerprint density at radius 2 is 1.93 bits per heavy atom. The van der Waals surface area contributed by atoms with Gasteiger partial charge in [0.05, 0.1) is 11.6 Å². The molecule has 1 unspecified atom stereocenters. The average molecular weight is 375 g/mol. The topological polar surface area (TPSA) is 83.5 Å². The van der Waals surface area contributed by atoms with Crippen molar-refractivity contribution in [2.24, 2.45) is 0 Å². The first-order chi connectivity index (χ1) is 13.7. The largest absolute Gasteiger partial charge is 0.481 e. The number of carbonyl (C=O) groups excluding carboxylic acids is 1. The van der Waals surface area contributed by atoms with Crippen LogP contribution in [0.2, 0.25) is 0 Å². The van der Waals surface area contributed by atoms with Crippen LogP contribution in [0.3, 0.4) is 0 Å². The third kappa shape index (κ3) is 3.54. The molecule has 1 saturated heterocycles. The Kier molecular flexibility index (Phi) is 4.94. The highest BCUT2D eigenvalue weighted by atomic mass is 16.5. The minimum atomic E-state index is -0.571. The zero-order valence-electron chi connectivity index (χ0n) is 15.7. The van der Waals surface area contributed by atoms with Gasteiger partial charge >= 0.3 is 0 Å². The lowest BCUT2D eigenvalue weighted by Gasteiger charge is -2.32. The van der Waals surface area contributed by atoms with Gasteiger partial charge in [0.25, 0.3) is 5.91 Å². The normalized spacial score (nSPS) is 15.9. The Balaban J connectivity index is 1.36. The second-order valence-electron chi connectivity index (χ2n) is 6.98. The number of aromatic nitrogens is 3. The predicted molar refractivity (Wildman–Crippen MR) is 103 cm³/mol. The summed E-state index contributed by atoms with van der Waals surface area (Å²) in [5, 5.41) is 17.4. The minimum absolute atomic E-state index is 0.0195. The molecule has 3 heterocycles. The van der Waals surface area contributed by atoms with Crippen LogP contribution in [-0.4, -0.2) is 44.6 Å². The molecule has 7 heteroatoms. The van der Waals surface area contributed by atoms with Crippen LogP contribution in [-0.2, 0) is 4.79 Å². The van der Waals surface area contributed by atoms with E-state index >= 15 is 0 Å². The number of fused-ring (bicyclic) bond motifs is 1. The number of piperidine rings is 1. The Morgan fingerprint density at radius 3 is 2.64 bits per heavy atom. The molecule has 1 aliphatic heterocycles. The molecule has 1 aromatic carbocycles. The van der Waals surface area contributed by atoms with E-state index in [-0.39, 0.29) is 11.8 Å². The highest BCUT2D eigenvalue weighted by Gasteiger charge is 2.29. The van der Waals surface area contributed by atoms with Crippen molar-refractivity contribution in [3.05, 3.63) is 60.0 Å². The molecular formula is C21H21N5O2. The summed E-state index contributed by atoms with van der Waals surface area (Å²) >= 11 is 0. The fourth-order valence-corrected chi connectivity index (χ4v) is 3.62. The van der Waals surface area contributed by atoms with Crippen LogP contribution in [0.25, 0.3) is 5.65 Å². The number of nitrogens with zero attached hydrogens (tertiary/aromatic N) is 5. The molecular weight excluding hydrogens is 354 g/mol. The zero-order valence-corrected chi connectivity index (χ0v) is 15.7. The van der Waals surface area contributed by atoms with Crippen molar-refractivity contribution >= 4 is 11.6 Å². The van der Waals surface area contributed by atoms with E-state index in [1.54, 1.807) is 31.2 Å². The Bertz CT molecular complexity index is 1010. The SMILES string of the molecule is CC(Oc1ccc(C#N)cc1)C(=O)N1CCC(c2nnc3ccccn23)CC1. The van der Waals surface area contributed by atoms with E-state index in [0.29, 0.717) is 24.4 Å². The molecule has 142 valence electrons. The van der Waals surface area contributed by atoms with E-state index in [1.807, 2.05) is 33.7 Å². The van der Waals surface area contributed by atoms with E-state index in [9.17, 15) is 4.79 Å². The number of hydrogen-bond donors (Lipinski definition) is 0. The fourth-order valence-electron chi connectivity index (χ4n) is 3.62. The number of nitriles is 1. The summed E-state index contributed by atoms with van der Waals surface area (Å²) in [5.41, 5.74) is 1.41. The first-order valence-electron chi connectivity index (χ1n) is 9.41. The fraction of sp³-hybridized carbons (Fsp3) is 0.333. The lowest BCUT2D eigenvalue weighted by Crippen LogP contribution is -2.44. The third-order valence-corrected chi connectivity index (χ3v) is 5.16. The van der Waals surface area contributed by atoms with Crippen LogP contribution in [0.1, 0.15) is 37.1 Å². The maximum Gasteiger partial charge on any atom is 0.263 e. The number of benzene rings is 1. The molecule has 0 radical (unpaired) electrons. The van der Waals surface area contributed by atoms with Crippen molar-refractivity contribution in [1.29, 1.82) is 5.26 Å². The molecule has 7 nitrogen and oxygen atoms in total. The van der Waals surface area contributed by atoms with Crippen molar-refractivity contribution in [3.8, 4) is 11.8 Å². The van der Waals surface area contributed by atoms with Crippen molar-refractivity contribution in [2.45, 2.75) is 31.8 Å². The number of carbonyl (C=O) groups is 1. The van der Waals surface area contributed by atoms with Gasteiger partial charge in [-0.25, -0.2) is 0 Å². The first kappa shape index (κ1) is 18.0. The van der Waals surface area contributed by atoms with Gasteiger partial charge < -0.3 is 9.64 Å². The number of rotatable bonds is 4. The molecule has 0 N–H and O–H groups in total. The summed E-state index contributed by atoms with van der Waals surface area (Å²) in [6, 6.07) is 14.7. The van der Waals surface area contributed by atoms with Gasteiger partial charge in [0.2, 0.25) is 0 Å². The van der Waals surface area contributed by atoms with Crippen LogP contribution in [0, 0.1) is 11.3 Å². The molecule has 1 atom stereocenters. The third-order valence-electron chi connectivity index (χ3n) is 5.16. The van der Waals surface area contributed by atoms with Crippen LogP contribution in [0.4, 0.5) is 0 Å². The lowest BCUT2D eigenvalue weighted by molar-refractivity contribution is -0.139. The zero-order chi connectivity index (χ0) is 19.5. The van der Waals surface area contributed by atoms with E-state index < -0.39 is 6.10 Å². The molecule has 1 aliphatic rings. The van der Waals surface area contributed by atoms with Gasteiger partial charge in [0.15, 0.2) is 11.8 Å². The quantitative estimate of drug-likeness (QED) is 0.700. The average Bonchev–Trinajstić information content (AvgIpc) is 3.18. The Hall–Kier alpha value is -3.40. The number of hydrogen-bond acceptors (Lipinski definition) is 5. The summed E-state index contributed by atoms with van der Waals surface area (Å²) < 4.78 is 7.79. The van der Waals surface area contributed by atoms with E-state index in [0.717, 1.165) is 24.3 Å². The molecule has 0 aliphatic carbocycles. The van der Waals surface area contributed by atoms with Gasteiger partial charge in [-0.1, -0.05) is 6.07 Å². The second kappa shape index (κ2) is 7.69. The highest BCUT2D eigenvalue weighted by molar-refractivity contribution is 5.81. The first-order valence-corrected chi connectivity index (χ1v) is 9.41. The van der Waals surface area contributed by atoms with Gasteiger partial charge in [-0.15, -0.1) is 10.2 Å². The van der Waals surface area contributed by atoms with Gasteiger partial charge in [-0.3, -0.25) is 9.20 Å². The van der Waals surface area contributed by atoms with Crippen molar-refractivity contribution in [3.63, 3.8) is 0 Å². The molecule has 2 aromatic heterocycles. The smallest absolute Gasteiger partial charge is 0.263 e. The van der Waals surface area contributed by atoms with Crippen molar-refractivity contribution in [1.82, 2.24) is 19.5 Å². The maximum absolute atomic E-state index is 12.7. The second-order valence-corrected chi connectivity index (χ2v) is 6.98. The highest BCUT2D eigenvalue weighted by Crippen LogP contribution is 2.27.